The lowest BCUT2D eigenvalue weighted by Gasteiger charge is -2.32. The number of carbonyl (C=O) groups is 1. The number of likely N-dealkylation sites (tertiary alicyclic amines) is 1. The maximum atomic E-state index is 11.9. The second-order valence-corrected chi connectivity index (χ2v) is 4.59. The number of piperidine rings is 1. The van der Waals surface area contributed by atoms with E-state index in [9.17, 15) is 4.79 Å². The number of rotatable bonds is 5. The van der Waals surface area contributed by atoms with Crippen LogP contribution in [0, 0.1) is 0 Å². The largest absolute Gasteiger partial charge is 0.377 e. The van der Waals surface area contributed by atoms with Gasteiger partial charge in [-0.25, -0.2) is 0 Å². The van der Waals surface area contributed by atoms with E-state index in [1.54, 1.807) is 0 Å². The minimum absolute atomic E-state index is 0.193. The first-order valence-corrected chi connectivity index (χ1v) is 6.26. The van der Waals surface area contributed by atoms with Gasteiger partial charge in [-0.15, -0.1) is 0 Å². The van der Waals surface area contributed by atoms with Crippen LogP contribution in [0.25, 0.3) is 0 Å². The number of amides is 1. The summed E-state index contributed by atoms with van der Waals surface area (Å²) >= 11 is 0. The molecule has 16 heavy (non-hydrogen) atoms. The van der Waals surface area contributed by atoms with Crippen molar-refractivity contribution in [3.8, 4) is 0 Å². The Balaban J connectivity index is 2.32. The Bertz CT molecular complexity index is 217. The Morgan fingerprint density at radius 2 is 2.31 bits per heavy atom. The van der Waals surface area contributed by atoms with Crippen molar-refractivity contribution in [2.45, 2.75) is 45.8 Å². The minimum Gasteiger partial charge on any atom is -0.377 e. The Morgan fingerprint density at radius 1 is 1.56 bits per heavy atom. The predicted molar refractivity (Wildman–Crippen MR) is 64.4 cm³/mol. The second kappa shape index (κ2) is 6.86. The first-order chi connectivity index (χ1) is 7.63. The van der Waals surface area contributed by atoms with E-state index in [4.69, 9.17) is 4.74 Å². The summed E-state index contributed by atoms with van der Waals surface area (Å²) in [5.41, 5.74) is 0. The highest BCUT2D eigenvalue weighted by atomic mass is 16.5. The van der Waals surface area contributed by atoms with Gasteiger partial charge in [0.1, 0.15) is 0 Å². The van der Waals surface area contributed by atoms with Crippen LogP contribution in [-0.2, 0) is 9.53 Å². The molecule has 1 fully saturated rings. The maximum Gasteiger partial charge on any atom is 0.236 e. The molecule has 0 bridgehead atoms. The Kier molecular flexibility index (Phi) is 5.77. The predicted octanol–water partition coefficient (Wildman–Crippen LogP) is 1.01. The summed E-state index contributed by atoms with van der Waals surface area (Å²) in [5, 5.41) is 3.16. The summed E-state index contributed by atoms with van der Waals surface area (Å²) in [4.78, 5) is 13.8. The Morgan fingerprint density at radius 3 is 2.94 bits per heavy atom. The van der Waals surface area contributed by atoms with Gasteiger partial charge in [0, 0.05) is 25.7 Å². The summed E-state index contributed by atoms with van der Waals surface area (Å²) in [7, 11) is 0. The third kappa shape index (κ3) is 4.49. The molecule has 4 nitrogen and oxygen atoms in total. The molecule has 1 amide bonds. The number of hydrogen-bond donors (Lipinski definition) is 1. The average molecular weight is 228 g/mol. The summed E-state index contributed by atoms with van der Waals surface area (Å²) < 4.78 is 5.57. The van der Waals surface area contributed by atoms with Crippen molar-refractivity contribution in [3.05, 3.63) is 0 Å². The lowest BCUT2D eigenvalue weighted by atomic mass is 10.1. The van der Waals surface area contributed by atoms with Gasteiger partial charge >= 0.3 is 0 Å². The highest BCUT2D eigenvalue weighted by Gasteiger charge is 2.23. The fourth-order valence-corrected chi connectivity index (χ4v) is 1.94. The molecule has 1 atom stereocenters. The van der Waals surface area contributed by atoms with E-state index in [0.29, 0.717) is 12.6 Å². The van der Waals surface area contributed by atoms with Crippen LogP contribution >= 0.6 is 0 Å². The molecule has 0 aliphatic carbocycles. The number of carbonyl (C=O) groups excluding carboxylic acids is 1. The molecule has 4 heteroatoms. The normalized spacial score (nSPS) is 21.5. The lowest BCUT2D eigenvalue weighted by Crippen LogP contribution is -2.47. The van der Waals surface area contributed by atoms with Crippen molar-refractivity contribution in [1.29, 1.82) is 0 Å². The SMILES string of the molecule is CCOC1CCCN(C(=O)CNC(C)C)C1. The zero-order valence-electron chi connectivity index (χ0n) is 10.7. The average Bonchev–Trinajstić information content (AvgIpc) is 2.26. The first kappa shape index (κ1) is 13.5. The van der Waals surface area contributed by atoms with Gasteiger partial charge in [-0.2, -0.15) is 0 Å². The minimum atomic E-state index is 0.193. The van der Waals surface area contributed by atoms with Crippen LogP contribution in [-0.4, -0.2) is 49.2 Å². The number of nitrogens with one attached hydrogen (secondary N) is 1. The third-order valence-corrected chi connectivity index (χ3v) is 2.79. The Labute approximate surface area is 98.3 Å². The van der Waals surface area contributed by atoms with E-state index >= 15 is 0 Å². The molecule has 0 saturated carbocycles. The van der Waals surface area contributed by atoms with Crippen LogP contribution in [0.3, 0.4) is 0 Å². The molecule has 0 aromatic heterocycles. The number of nitrogens with zero attached hydrogens (tertiary/aromatic N) is 1. The molecule has 1 saturated heterocycles. The monoisotopic (exact) mass is 228 g/mol. The molecule has 0 aromatic rings. The van der Waals surface area contributed by atoms with Crippen molar-refractivity contribution in [1.82, 2.24) is 10.2 Å². The van der Waals surface area contributed by atoms with Crippen molar-refractivity contribution in [3.63, 3.8) is 0 Å². The summed E-state index contributed by atoms with van der Waals surface area (Å²) in [5.74, 6) is 0.193. The van der Waals surface area contributed by atoms with Crippen LogP contribution in [0.5, 0.6) is 0 Å². The van der Waals surface area contributed by atoms with Gasteiger partial charge in [-0.3, -0.25) is 4.79 Å². The van der Waals surface area contributed by atoms with Gasteiger partial charge in [0.25, 0.3) is 0 Å². The molecule has 1 N–H and O–H groups in total. The van der Waals surface area contributed by atoms with Crippen molar-refractivity contribution >= 4 is 5.91 Å². The lowest BCUT2D eigenvalue weighted by molar-refractivity contribution is -0.134. The van der Waals surface area contributed by atoms with Crippen molar-refractivity contribution in [2.75, 3.05) is 26.2 Å². The van der Waals surface area contributed by atoms with Crippen molar-refractivity contribution in [2.24, 2.45) is 0 Å². The fourth-order valence-electron chi connectivity index (χ4n) is 1.94. The molecule has 1 aliphatic heterocycles. The molecular weight excluding hydrogens is 204 g/mol. The topological polar surface area (TPSA) is 41.6 Å². The highest BCUT2D eigenvalue weighted by Crippen LogP contribution is 2.13. The van der Waals surface area contributed by atoms with Gasteiger partial charge in [0.05, 0.1) is 12.6 Å². The molecule has 94 valence electrons. The van der Waals surface area contributed by atoms with Gasteiger partial charge in [0.2, 0.25) is 5.91 Å². The molecule has 0 radical (unpaired) electrons. The molecule has 1 rings (SSSR count). The summed E-state index contributed by atoms with van der Waals surface area (Å²) in [6.45, 7) is 8.90. The van der Waals surface area contributed by atoms with Gasteiger partial charge in [-0.1, -0.05) is 13.8 Å². The van der Waals surface area contributed by atoms with Crippen LogP contribution in [0.15, 0.2) is 0 Å². The second-order valence-electron chi connectivity index (χ2n) is 4.59. The maximum absolute atomic E-state index is 11.9. The number of hydrogen-bond acceptors (Lipinski definition) is 3. The quantitative estimate of drug-likeness (QED) is 0.763. The Hall–Kier alpha value is -0.610. The molecule has 1 unspecified atom stereocenters. The summed E-state index contributed by atoms with van der Waals surface area (Å²) in [6.07, 6.45) is 2.37. The van der Waals surface area contributed by atoms with E-state index in [1.165, 1.54) is 0 Å². The van der Waals surface area contributed by atoms with Crippen LogP contribution in [0.4, 0.5) is 0 Å². The van der Waals surface area contributed by atoms with Gasteiger partial charge in [0.15, 0.2) is 0 Å². The van der Waals surface area contributed by atoms with E-state index in [0.717, 1.165) is 32.5 Å². The van der Waals surface area contributed by atoms with E-state index in [2.05, 4.69) is 5.32 Å². The fraction of sp³-hybridized carbons (Fsp3) is 0.917. The molecule has 1 heterocycles. The number of ether oxygens (including phenoxy) is 1. The van der Waals surface area contributed by atoms with Gasteiger partial charge in [-0.05, 0) is 19.8 Å². The van der Waals surface area contributed by atoms with Crippen LogP contribution in [0.1, 0.15) is 33.6 Å². The smallest absolute Gasteiger partial charge is 0.236 e. The van der Waals surface area contributed by atoms with Crippen molar-refractivity contribution < 1.29 is 9.53 Å². The third-order valence-electron chi connectivity index (χ3n) is 2.79. The molecular formula is C12H24N2O2. The zero-order chi connectivity index (χ0) is 12.0. The van der Waals surface area contributed by atoms with E-state index in [-0.39, 0.29) is 12.0 Å². The molecule has 0 spiro atoms. The standard InChI is InChI=1S/C12H24N2O2/c1-4-16-11-6-5-7-14(9-11)12(15)8-13-10(2)3/h10-11,13H,4-9H2,1-3H3. The van der Waals surface area contributed by atoms with E-state index < -0.39 is 0 Å². The first-order valence-electron chi connectivity index (χ1n) is 6.26. The molecule has 1 aliphatic rings. The van der Waals surface area contributed by atoms with E-state index in [1.807, 2.05) is 25.7 Å². The highest BCUT2D eigenvalue weighted by molar-refractivity contribution is 5.78. The molecule has 0 aromatic carbocycles. The van der Waals surface area contributed by atoms with Crippen LogP contribution in [0.2, 0.25) is 0 Å². The summed E-state index contributed by atoms with van der Waals surface area (Å²) in [6, 6.07) is 0.358. The zero-order valence-corrected chi connectivity index (χ0v) is 10.7. The van der Waals surface area contributed by atoms with Gasteiger partial charge < -0.3 is 15.0 Å². The van der Waals surface area contributed by atoms with Crippen LogP contribution < -0.4 is 5.32 Å².